The number of halogens is 1. The average Bonchev–Trinajstić information content (AvgIpc) is 2.23. The van der Waals surface area contributed by atoms with Gasteiger partial charge in [-0.25, -0.2) is 0 Å². The molecule has 0 aliphatic heterocycles. The fourth-order valence-corrected chi connectivity index (χ4v) is 1.03. The Labute approximate surface area is 84.7 Å². The fourth-order valence-electron chi connectivity index (χ4n) is 0.854. The van der Waals surface area contributed by atoms with Crippen molar-refractivity contribution in [1.29, 1.82) is 0 Å². The first-order valence-electron chi connectivity index (χ1n) is 4.49. The van der Waals surface area contributed by atoms with Gasteiger partial charge in [0.15, 0.2) is 5.78 Å². The lowest BCUT2D eigenvalue weighted by Gasteiger charge is -1.95. The van der Waals surface area contributed by atoms with E-state index in [-0.39, 0.29) is 5.78 Å². The van der Waals surface area contributed by atoms with Crippen LogP contribution in [-0.2, 0) is 0 Å². The summed E-state index contributed by atoms with van der Waals surface area (Å²) in [6.07, 6.45) is 0.422. The van der Waals surface area contributed by atoms with Crippen molar-refractivity contribution in [2.75, 3.05) is 5.88 Å². The number of ketones is 1. The Hall–Kier alpha value is -0.820. The Balaban J connectivity index is 0.000000671. The van der Waals surface area contributed by atoms with E-state index in [2.05, 4.69) is 0 Å². The Morgan fingerprint density at radius 3 is 2.23 bits per heavy atom. The second-order valence-corrected chi connectivity index (χ2v) is 2.61. The molecule has 0 bridgehead atoms. The van der Waals surface area contributed by atoms with Crippen molar-refractivity contribution in [2.45, 2.75) is 20.3 Å². The molecule has 0 aromatic heterocycles. The van der Waals surface area contributed by atoms with Gasteiger partial charge in [-0.2, -0.15) is 0 Å². The average molecular weight is 199 g/mol. The molecule has 0 N–H and O–H groups in total. The molecule has 0 spiro atoms. The maximum Gasteiger partial charge on any atom is 0.164 e. The summed E-state index contributed by atoms with van der Waals surface area (Å²) in [6, 6.07) is 9.18. The van der Waals surface area contributed by atoms with E-state index in [9.17, 15) is 4.79 Å². The van der Waals surface area contributed by atoms with Gasteiger partial charge in [0.2, 0.25) is 0 Å². The predicted octanol–water partition coefficient (Wildman–Crippen LogP) is 3.52. The topological polar surface area (TPSA) is 17.1 Å². The van der Waals surface area contributed by atoms with Gasteiger partial charge in [0, 0.05) is 17.9 Å². The van der Waals surface area contributed by atoms with Gasteiger partial charge in [0.1, 0.15) is 0 Å². The van der Waals surface area contributed by atoms with Crippen molar-refractivity contribution in [2.24, 2.45) is 0 Å². The van der Waals surface area contributed by atoms with Crippen LogP contribution in [0.5, 0.6) is 0 Å². The van der Waals surface area contributed by atoms with Gasteiger partial charge in [-0.3, -0.25) is 4.79 Å². The first-order valence-corrected chi connectivity index (χ1v) is 5.02. The Morgan fingerprint density at radius 2 is 1.77 bits per heavy atom. The number of hydrogen-bond donors (Lipinski definition) is 0. The highest BCUT2D eigenvalue weighted by molar-refractivity contribution is 6.19. The van der Waals surface area contributed by atoms with Crippen LogP contribution in [0.1, 0.15) is 30.6 Å². The quantitative estimate of drug-likeness (QED) is 0.537. The van der Waals surface area contributed by atoms with Gasteiger partial charge < -0.3 is 0 Å². The van der Waals surface area contributed by atoms with Gasteiger partial charge in [0.05, 0.1) is 0 Å². The molecule has 13 heavy (non-hydrogen) atoms. The number of Topliss-reactive ketones (excluding diaryl/α,β-unsaturated/α-hetero) is 1. The molecular weight excluding hydrogens is 184 g/mol. The van der Waals surface area contributed by atoms with Crippen LogP contribution in [0, 0.1) is 0 Å². The van der Waals surface area contributed by atoms with E-state index in [0.717, 1.165) is 5.56 Å². The minimum absolute atomic E-state index is 0.112. The van der Waals surface area contributed by atoms with Crippen LogP contribution in [0.25, 0.3) is 0 Å². The summed E-state index contributed by atoms with van der Waals surface area (Å²) in [7, 11) is 0. The van der Waals surface area contributed by atoms with Crippen molar-refractivity contribution >= 4 is 17.4 Å². The lowest BCUT2D eigenvalue weighted by molar-refractivity contribution is 0.0989. The molecule has 2 heteroatoms. The van der Waals surface area contributed by atoms with Crippen molar-refractivity contribution in [3.63, 3.8) is 0 Å². The zero-order chi connectivity index (χ0) is 10.1. The maximum absolute atomic E-state index is 11.2. The molecule has 0 fully saturated rings. The minimum Gasteiger partial charge on any atom is -0.294 e. The van der Waals surface area contributed by atoms with Crippen molar-refractivity contribution in [1.82, 2.24) is 0 Å². The molecule has 1 aromatic carbocycles. The summed E-state index contributed by atoms with van der Waals surface area (Å²) >= 11 is 5.43. The number of carbonyl (C=O) groups excluding carboxylic acids is 1. The standard InChI is InChI=1S/C9H9ClO.C2H6/c10-7-6-9(11)8-4-2-1-3-5-8;1-2/h1-5H,6-7H2;1-2H3. The fraction of sp³-hybridized carbons (Fsp3) is 0.364. The molecule has 1 rings (SSSR count). The summed E-state index contributed by atoms with van der Waals surface area (Å²) in [6.45, 7) is 4.00. The first-order chi connectivity index (χ1) is 6.34. The molecule has 0 radical (unpaired) electrons. The number of carbonyl (C=O) groups is 1. The van der Waals surface area contributed by atoms with Gasteiger partial charge in [-0.05, 0) is 0 Å². The number of hydrogen-bond acceptors (Lipinski definition) is 1. The second kappa shape index (κ2) is 7.81. The molecule has 72 valence electrons. The molecule has 0 saturated heterocycles. The van der Waals surface area contributed by atoms with Crippen LogP contribution in [-0.4, -0.2) is 11.7 Å². The highest BCUT2D eigenvalue weighted by atomic mass is 35.5. The van der Waals surface area contributed by atoms with Crippen molar-refractivity contribution in [3.8, 4) is 0 Å². The van der Waals surface area contributed by atoms with Gasteiger partial charge >= 0.3 is 0 Å². The smallest absolute Gasteiger partial charge is 0.164 e. The SMILES string of the molecule is CC.O=C(CCCl)c1ccccc1. The molecule has 1 aromatic rings. The van der Waals surface area contributed by atoms with Crippen molar-refractivity contribution in [3.05, 3.63) is 35.9 Å². The van der Waals surface area contributed by atoms with E-state index >= 15 is 0 Å². The van der Waals surface area contributed by atoms with Crippen LogP contribution in [0.3, 0.4) is 0 Å². The van der Waals surface area contributed by atoms with Gasteiger partial charge in [0.25, 0.3) is 0 Å². The third-order valence-corrected chi connectivity index (χ3v) is 1.61. The van der Waals surface area contributed by atoms with Crippen LogP contribution in [0.2, 0.25) is 0 Å². The highest BCUT2D eigenvalue weighted by Gasteiger charge is 2.01. The third kappa shape index (κ3) is 4.69. The molecule has 0 aliphatic rings. The highest BCUT2D eigenvalue weighted by Crippen LogP contribution is 2.02. The zero-order valence-corrected chi connectivity index (χ0v) is 8.84. The summed E-state index contributed by atoms with van der Waals surface area (Å²) in [5, 5.41) is 0. The van der Waals surface area contributed by atoms with Crippen LogP contribution >= 0.6 is 11.6 Å². The Morgan fingerprint density at radius 1 is 1.23 bits per heavy atom. The third-order valence-electron chi connectivity index (χ3n) is 1.42. The molecular formula is C11H15ClO. The molecule has 1 nitrogen and oxygen atoms in total. The predicted molar refractivity (Wildman–Crippen MR) is 57.5 cm³/mol. The molecule has 0 heterocycles. The summed E-state index contributed by atoms with van der Waals surface area (Å²) < 4.78 is 0. The molecule has 0 amide bonds. The normalized spacial score (nSPS) is 8.54. The Bertz CT molecular complexity index is 231. The number of benzene rings is 1. The second-order valence-electron chi connectivity index (χ2n) is 2.23. The first kappa shape index (κ1) is 12.2. The Kier molecular flexibility index (Phi) is 7.32. The summed E-state index contributed by atoms with van der Waals surface area (Å²) in [4.78, 5) is 11.2. The zero-order valence-electron chi connectivity index (χ0n) is 8.09. The lowest BCUT2D eigenvalue weighted by Crippen LogP contribution is -1.98. The van der Waals surface area contributed by atoms with E-state index in [4.69, 9.17) is 11.6 Å². The maximum atomic E-state index is 11.2. The van der Waals surface area contributed by atoms with Crippen LogP contribution in [0.4, 0.5) is 0 Å². The van der Waals surface area contributed by atoms with E-state index in [1.807, 2.05) is 32.0 Å². The number of rotatable bonds is 3. The van der Waals surface area contributed by atoms with Gasteiger partial charge in [-0.15, -0.1) is 11.6 Å². The van der Waals surface area contributed by atoms with E-state index < -0.39 is 0 Å². The molecule has 0 saturated carbocycles. The van der Waals surface area contributed by atoms with E-state index in [1.54, 1.807) is 12.1 Å². The van der Waals surface area contributed by atoms with E-state index in [0.29, 0.717) is 12.3 Å². The van der Waals surface area contributed by atoms with Crippen LogP contribution in [0.15, 0.2) is 30.3 Å². The minimum atomic E-state index is 0.112. The molecule has 0 unspecified atom stereocenters. The largest absolute Gasteiger partial charge is 0.294 e. The van der Waals surface area contributed by atoms with E-state index in [1.165, 1.54) is 0 Å². The molecule has 0 aliphatic carbocycles. The van der Waals surface area contributed by atoms with Gasteiger partial charge in [-0.1, -0.05) is 44.2 Å². The van der Waals surface area contributed by atoms with Crippen LogP contribution < -0.4 is 0 Å². The molecule has 0 atom stereocenters. The lowest BCUT2D eigenvalue weighted by atomic mass is 10.1. The number of alkyl halides is 1. The monoisotopic (exact) mass is 198 g/mol. The summed E-state index contributed by atoms with van der Waals surface area (Å²) in [5.74, 6) is 0.508. The van der Waals surface area contributed by atoms with Crippen molar-refractivity contribution < 1.29 is 4.79 Å². The summed E-state index contributed by atoms with van der Waals surface area (Å²) in [5.41, 5.74) is 0.744.